The number of nitrogens with zero attached hydrogens (tertiary/aromatic N) is 1. The molecule has 1 N–H and O–H groups in total. The van der Waals surface area contributed by atoms with E-state index < -0.39 is 0 Å². The van der Waals surface area contributed by atoms with Crippen LogP contribution in [0.2, 0.25) is 0 Å². The van der Waals surface area contributed by atoms with E-state index in [-0.39, 0.29) is 18.2 Å². The Labute approximate surface area is 144 Å². The second-order valence-electron chi connectivity index (χ2n) is 5.25. The quantitative estimate of drug-likeness (QED) is 0.843. The number of nitrogens with one attached hydrogen (secondary N) is 1. The maximum Gasteiger partial charge on any atom is 0.251 e. The molecule has 0 atom stereocenters. The molecule has 5 heteroatoms. The molecular formula is C18H19BrN2O2. The summed E-state index contributed by atoms with van der Waals surface area (Å²) in [5, 5.41) is 2.76. The highest BCUT2D eigenvalue weighted by atomic mass is 79.9. The van der Waals surface area contributed by atoms with Gasteiger partial charge in [0, 0.05) is 36.6 Å². The molecule has 0 aromatic heterocycles. The minimum absolute atomic E-state index is 0.00119. The van der Waals surface area contributed by atoms with Crippen LogP contribution in [0.5, 0.6) is 0 Å². The number of hydrogen-bond acceptors (Lipinski definition) is 2. The molecule has 0 heterocycles. The van der Waals surface area contributed by atoms with E-state index in [0.717, 1.165) is 10.0 Å². The van der Waals surface area contributed by atoms with Gasteiger partial charge in [-0.2, -0.15) is 0 Å². The third-order valence-corrected chi connectivity index (χ3v) is 3.95. The highest BCUT2D eigenvalue weighted by Crippen LogP contribution is 2.12. The molecule has 23 heavy (non-hydrogen) atoms. The molecule has 0 saturated heterocycles. The lowest BCUT2D eigenvalue weighted by Gasteiger charge is -2.17. The first-order valence-corrected chi connectivity index (χ1v) is 8.17. The van der Waals surface area contributed by atoms with Crippen molar-refractivity contribution in [3.05, 3.63) is 70.2 Å². The highest BCUT2D eigenvalue weighted by Gasteiger charge is 2.10. The van der Waals surface area contributed by atoms with Gasteiger partial charge in [-0.05, 0) is 29.8 Å². The first-order chi connectivity index (χ1) is 11.1. The number of amides is 2. The van der Waals surface area contributed by atoms with Gasteiger partial charge in [-0.25, -0.2) is 0 Å². The van der Waals surface area contributed by atoms with Crippen LogP contribution in [0, 0.1) is 0 Å². The molecule has 2 aromatic carbocycles. The van der Waals surface area contributed by atoms with Crippen LogP contribution in [-0.2, 0) is 11.3 Å². The van der Waals surface area contributed by atoms with E-state index in [1.54, 1.807) is 24.1 Å². The molecule has 4 nitrogen and oxygen atoms in total. The fourth-order valence-corrected chi connectivity index (χ4v) is 2.38. The topological polar surface area (TPSA) is 49.4 Å². The number of hydrogen-bond donors (Lipinski definition) is 1. The summed E-state index contributed by atoms with van der Waals surface area (Å²) < 4.78 is 1.01. The van der Waals surface area contributed by atoms with E-state index in [0.29, 0.717) is 18.7 Å². The number of carbonyl (C=O) groups is 2. The van der Waals surface area contributed by atoms with Crippen molar-refractivity contribution >= 4 is 27.7 Å². The Morgan fingerprint density at radius 3 is 2.35 bits per heavy atom. The first kappa shape index (κ1) is 17.2. The van der Waals surface area contributed by atoms with Gasteiger partial charge >= 0.3 is 0 Å². The Balaban J connectivity index is 1.76. The Morgan fingerprint density at radius 2 is 1.70 bits per heavy atom. The van der Waals surface area contributed by atoms with Gasteiger partial charge in [0.2, 0.25) is 5.91 Å². The zero-order valence-electron chi connectivity index (χ0n) is 13.0. The lowest BCUT2D eigenvalue weighted by atomic mass is 10.2. The lowest BCUT2D eigenvalue weighted by molar-refractivity contribution is -0.130. The van der Waals surface area contributed by atoms with Crippen molar-refractivity contribution in [2.45, 2.75) is 13.0 Å². The normalized spacial score (nSPS) is 10.2. The summed E-state index contributed by atoms with van der Waals surface area (Å²) in [7, 11) is 1.77. The Bertz CT molecular complexity index is 656. The number of carbonyl (C=O) groups excluding carboxylic acids is 2. The summed E-state index contributed by atoms with van der Waals surface area (Å²) in [6, 6.07) is 16.8. The predicted molar refractivity (Wildman–Crippen MR) is 94.0 cm³/mol. The zero-order chi connectivity index (χ0) is 16.7. The maximum atomic E-state index is 12.1. The van der Waals surface area contributed by atoms with Gasteiger partial charge in [0.1, 0.15) is 0 Å². The molecule has 0 unspecified atom stereocenters. The molecule has 0 spiro atoms. The summed E-state index contributed by atoms with van der Waals surface area (Å²) in [4.78, 5) is 25.6. The van der Waals surface area contributed by atoms with Crippen LogP contribution in [0.3, 0.4) is 0 Å². The van der Waals surface area contributed by atoms with Crippen molar-refractivity contribution in [2.24, 2.45) is 0 Å². The summed E-state index contributed by atoms with van der Waals surface area (Å²) in [5.41, 5.74) is 1.67. The highest BCUT2D eigenvalue weighted by molar-refractivity contribution is 9.10. The van der Waals surface area contributed by atoms with Gasteiger partial charge in [-0.15, -0.1) is 0 Å². The van der Waals surface area contributed by atoms with Crippen molar-refractivity contribution in [3.63, 3.8) is 0 Å². The SMILES string of the molecule is CN(Cc1ccc(Br)cc1)C(=O)CCNC(=O)c1ccccc1. The largest absolute Gasteiger partial charge is 0.352 e. The van der Waals surface area contributed by atoms with E-state index >= 15 is 0 Å². The van der Waals surface area contributed by atoms with Crippen LogP contribution in [0.4, 0.5) is 0 Å². The monoisotopic (exact) mass is 374 g/mol. The van der Waals surface area contributed by atoms with Gasteiger partial charge in [-0.1, -0.05) is 46.3 Å². The standard InChI is InChI=1S/C18H19BrN2O2/c1-21(13-14-7-9-16(19)10-8-14)17(22)11-12-20-18(23)15-5-3-2-4-6-15/h2-10H,11-13H2,1H3,(H,20,23). The van der Waals surface area contributed by atoms with E-state index in [4.69, 9.17) is 0 Å². The van der Waals surface area contributed by atoms with Crippen LogP contribution in [-0.4, -0.2) is 30.3 Å². The molecule has 2 aromatic rings. The molecule has 0 bridgehead atoms. The molecule has 0 aliphatic heterocycles. The Morgan fingerprint density at radius 1 is 1.04 bits per heavy atom. The van der Waals surface area contributed by atoms with Crippen molar-refractivity contribution in [3.8, 4) is 0 Å². The van der Waals surface area contributed by atoms with Crippen molar-refractivity contribution in [1.82, 2.24) is 10.2 Å². The molecule has 2 rings (SSSR count). The summed E-state index contributed by atoms with van der Waals surface area (Å²) >= 11 is 3.39. The van der Waals surface area contributed by atoms with Crippen molar-refractivity contribution < 1.29 is 9.59 Å². The fraction of sp³-hybridized carbons (Fsp3) is 0.222. The first-order valence-electron chi connectivity index (χ1n) is 7.38. The van der Waals surface area contributed by atoms with Crippen LogP contribution in [0.1, 0.15) is 22.3 Å². The van der Waals surface area contributed by atoms with Crippen LogP contribution in [0.25, 0.3) is 0 Å². The fourth-order valence-electron chi connectivity index (χ4n) is 2.12. The summed E-state index contributed by atoms with van der Waals surface area (Å²) in [6.45, 7) is 0.885. The molecule has 0 radical (unpaired) electrons. The molecule has 0 fully saturated rings. The van der Waals surface area contributed by atoms with E-state index in [9.17, 15) is 9.59 Å². The molecule has 0 saturated carbocycles. The smallest absolute Gasteiger partial charge is 0.251 e. The summed E-state index contributed by atoms with van der Waals surface area (Å²) in [5.74, 6) is -0.157. The maximum absolute atomic E-state index is 12.1. The predicted octanol–water partition coefficient (Wildman–Crippen LogP) is 3.23. The van der Waals surface area contributed by atoms with Gasteiger partial charge in [0.15, 0.2) is 0 Å². The molecule has 0 aliphatic rings. The van der Waals surface area contributed by atoms with E-state index in [2.05, 4.69) is 21.2 Å². The van der Waals surface area contributed by atoms with Gasteiger partial charge in [0.25, 0.3) is 5.91 Å². The van der Waals surface area contributed by atoms with Crippen LogP contribution >= 0.6 is 15.9 Å². The second kappa shape index (κ2) is 8.48. The average Bonchev–Trinajstić information content (AvgIpc) is 2.57. The number of halogens is 1. The van der Waals surface area contributed by atoms with E-state index in [1.165, 1.54) is 0 Å². The molecule has 2 amide bonds. The van der Waals surface area contributed by atoms with Gasteiger partial charge < -0.3 is 10.2 Å². The minimum Gasteiger partial charge on any atom is -0.352 e. The number of rotatable bonds is 6. The molecule has 120 valence electrons. The number of benzene rings is 2. The third kappa shape index (κ3) is 5.53. The van der Waals surface area contributed by atoms with Crippen molar-refractivity contribution in [1.29, 1.82) is 0 Å². The van der Waals surface area contributed by atoms with Crippen LogP contribution < -0.4 is 5.32 Å². The second-order valence-corrected chi connectivity index (χ2v) is 6.16. The minimum atomic E-state index is -0.158. The Hall–Kier alpha value is -2.14. The molecular weight excluding hydrogens is 356 g/mol. The van der Waals surface area contributed by atoms with Crippen LogP contribution in [0.15, 0.2) is 59.1 Å². The van der Waals surface area contributed by atoms with Gasteiger partial charge in [0.05, 0.1) is 0 Å². The van der Waals surface area contributed by atoms with Crippen molar-refractivity contribution in [2.75, 3.05) is 13.6 Å². The Kier molecular flexibility index (Phi) is 6.35. The average molecular weight is 375 g/mol. The van der Waals surface area contributed by atoms with Gasteiger partial charge in [-0.3, -0.25) is 9.59 Å². The third-order valence-electron chi connectivity index (χ3n) is 3.42. The van der Waals surface area contributed by atoms with E-state index in [1.807, 2.05) is 42.5 Å². The lowest BCUT2D eigenvalue weighted by Crippen LogP contribution is -2.31. The zero-order valence-corrected chi connectivity index (χ0v) is 14.5. The summed E-state index contributed by atoms with van der Waals surface area (Å²) in [6.07, 6.45) is 0.283. The molecule has 0 aliphatic carbocycles.